The molecule has 1 aliphatic rings. The Hall–Kier alpha value is -2.92. The first-order valence-corrected chi connectivity index (χ1v) is 11.5. The van der Waals surface area contributed by atoms with Crippen molar-refractivity contribution < 1.29 is 13.2 Å². The Kier molecular flexibility index (Phi) is 5.49. The molecule has 1 aromatic heterocycles. The van der Waals surface area contributed by atoms with Gasteiger partial charge in [0.1, 0.15) is 0 Å². The van der Waals surface area contributed by atoms with E-state index < -0.39 is 10.0 Å². The van der Waals surface area contributed by atoms with Gasteiger partial charge in [0, 0.05) is 22.9 Å². The summed E-state index contributed by atoms with van der Waals surface area (Å²) in [5.74, 6) is 5.85. The zero-order chi connectivity index (χ0) is 20.3. The van der Waals surface area contributed by atoms with Crippen LogP contribution in [0.2, 0.25) is 0 Å². The van der Waals surface area contributed by atoms with E-state index in [2.05, 4.69) is 21.9 Å². The molecule has 0 saturated heterocycles. The van der Waals surface area contributed by atoms with Crippen LogP contribution in [0.3, 0.4) is 0 Å². The Bertz CT molecular complexity index is 1180. The highest BCUT2D eigenvalue weighted by molar-refractivity contribution is 7.89. The van der Waals surface area contributed by atoms with Crippen molar-refractivity contribution in [3.8, 4) is 11.8 Å². The summed E-state index contributed by atoms with van der Waals surface area (Å²) in [7, 11) is -3.53. The molecule has 2 aromatic carbocycles. The Balaban J connectivity index is 1.44. The number of anilines is 1. The van der Waals surface area contributed by atoms with Gasteiger partial charge in [0.25, 0.3) is 5.91 Å². The van der Waals surface area contributed by atoms with Crippen LogP contribution >= 0.6 is 11.3 Å². The summed E-state index contributed by atoms with van der Waals surface area (Å²) in [5.41, 5.74) is 1.80. The second-order valence-electron chi connectivity index (χ2n) is 6.68. The van der Waals surface area contributed by atoms with Gasteiger partial charge in [-0.15, -0.1) is 11.3 Å². The second kappa shape index (κ2) is 8.21. The first kappa shape index (κ1) is 19.4. The Labute approximate surface area is 173 Å². The van der Waals surface area contributed by atoms with Crippen molar-refractivity contribution in [2.45, 2.75) is 23.8 Å². The van der Waals surface area contributed by atoms with E-state index in [1.165, 1.54) is 24.3 Å². The lowest BCUT2D eigenvalue weighted by Gasteiger charge is -2.08. The van der Waals surface area contributed by atoms with Gasteiger partial charge in [-0.2, -0.15) is 0 Å². The van der Waals surface area contributed by atoms with Gasteiger partial charge in [0.15, 0.2) is 0 Å². The molecule has 1 saturated carbocycles. The molecule has 4 rings (SSSR count). The van der Waals surface area contributed by atoms with Gasteiger partial charge in [-0.3, -0.25) is 4.79 Å². The lowest BCUT2D eigenvalue weighted by atomic mass is 10.1. The van der Waals surface area contributed by atoms with Crippen LogP contribution in [-0.2, 0) is 10.0 Å². The van der Waals surface area contributed by atoms with E-state index in [1.54, 1.807) is 23.5 Å². The number of amides is 1. The average Bonchev–Trinajstić information content (AvgIpc) is 3.36. The smallest absolute Gasteiger partial charge is 0.255 e. The SMILES string of the molecule is O=C(Nc1cccc(C#Cc2cccs2)c1)c1ccc(S(=O)(=O)NC2CC2)cc1. The van der Waals surface area contributed by atoms with Gasteiger partial charge >= 0.3 is 0 Å². The lowest BCUT2D eigenvalue weighted by Crippen LogP contribution is -2.25. The zero-order valence-corrected chi connectivity index (χ0v) is 17.0. The summed E-state index contributed by atoms with van der Waals surface area (Å²) in [4.78, 5) is 13.6. The Morgan fingerprint density at radius 1 is 1.00 bits per heavy atom. The van der Waals surface area contributed by atoms with Crippen LogP contribution in [0.25, 0.3) is 0 Å². The summed E-state index contributed by atoms with van der Waals surface area (Å²) < 4.78 is 27.1. The molecule has 5 nitrogen and oxygen atoms in total. The first-order valence-electron chi connectivity index (χ1n) is 9.09. The second-order valence-corrected chi connectivity index (χ2v) is 9.34. The molecule has 1 heterocycles. The highest BCUT2D eigenvalue weighted by atomic mass is 32.2. The standard InChI is InChI=1S/C22H18N2O3S2/c25-22(17-7-12-21(13-8-17)29(26,27)24-18-9-10-18)23-19-4-1-3-16(15-19)6-11-20-5-2-14-28-20/h1-5,7-8,12-15,18,24H,9-10H2,(H,23,25). The molecule has 0 unspecified atom stereocenters. The molecular formula is C22H18N2O3S2. The maximum atomic E-state index is 12.5. The minimum atomic E-state index is -3.53. The third kappa shape index (κ3) is 5.12. The number of hydrogen-bond acceptors (Lipinski definition) is 4. The maximum absolute atomic E-state index is 12.5. The molecular weight excluding hydrogens is 404 g/mol. The molecule has 2 N–H and O–H groups in total. The maximum Gasteiger partial charge on any atom is 0.255 e. The van der Waals surface area contributed by atoms with E-state index in [0.29, 0.717) is 11.3 Å². The Morgan fingerprint density at radius 3 is 2.48 bits per heavy atom. The number of sulfonamides is 1. The van der Waals surface area contributed by atoms with Crippen molar-refractivity contribution in [1.29, 1.82) is 0 Å². The monoisotopic (exact) mass is 422 g/mol. The average molecular weight is 423 g/mol. The minimum absolute atomic E-state index is 0.0400. The van der Waals surface area contributed by atoms with Crippen LogP contribution in [-0.4, -0.2) is 20.4 Å². The number of carbonyl (C=O) groups excluding carboxylic acids is 1. The molecule has 3 aromatic rings. The van der Waals surface area contributed by atoms with E-state index in [4.69, 9.17) is 0 Å². The van der Waals surface area contributed by atoms with E-state index in [-0.39, 0.29) is 16.8 Å². The molecule has 0 radical (unpaired) electrons. The first-order chi connectivity index (χ1) is 14.0. The topological polar surface area (TPSA) is 75.3 Å². The molecule has 0 spiro atoms. The fraction of sp³-hybridized carbons (Fsp3) is 0.136. The number of rotatable bonds is 5. The molecule has 7 heteroatoms. The van der Waals surface area contributed by atoms with E-state index >= 15 is 0 Å². The molecule has 0 atom stereocenters. The van der Waals surface area contributed by atoms with Crippen molar-refractivity contribution in [3.05, 3.63) is 82.0 Å². The number of nitrogens with one attached hydrogen (secondary N) is 2. The van der Waals surface area contributed by atoms with E-state index in [0.717, 1.165) is 23.3 Å². The van der Waals surface area contributed by atoms with Gasteiger partial charge in [-0.05, 0) is 66.8 Å². The predicted molar refractivity (Wildman–Crippen MR) is 114 cm³/mol. The van der Waals surface area contributed by atoms with Crippen LogP contribution in [0.1, 0.15) is 33.6 Å². The van der Waals surface area contributed by atoms with Crippen molar-refractivity contribution in [1.82, 2.24) is 4.72 Å². The quantitative estimate of drug-likeness (QED) is 0.614. The van der Waals surface area contributed by atoms with Crippen molar-refractivity contribution in [2.75, 3.05) is 5.32 Å². The highest BCUT2D eigenvalue weighted by Gasteiger charge is 2.27. The number of thiophene rings is 1. The molecule has 29 heavy (non-hydrogen) atoms. The fourth-order valence-electron chi connectivity index (χ4n) is 2.64. The predicted octanol–water partition coefficient (Wildman–Crippen LogP) is 3.84. The molecule has 0 bridgehead atoms. The zero-order valence-electron chi connectivity index (χ0n) is 15.4. The van der Waals surface area contributed by atoms with Gasteiger partial charge in [-0.25, -0.2) is 13.1 Å². The largest absolute Gasteiger partial charge is 0.322 e. The third-order valence-corrected chi connectivity index (χ3v) is 6.62. The summed E-state index contributed by atoms with van der Waals surface area (Å²) >= 11 is 1.57. The lowest BCUT2D eigenvalue weighted by molar-refractivity contribution is 0.102. The Morgan fingerprint density at radius 2 is 1.79 bits per heavy atom. The number of benzene rings is 2. The highest BCUT2D eigenvalue weighted by Crippen LogP contribution is 2.22. The van der Waals surface area contributed by atoms with Crippen LogP contribution in [0, 0.1) is 11.8 Å². The van der Waals surface area contributed by atoms with Crippen LogP contribution in [0.4, 0.5) is 5.69 Å². The summed E-state index contributed by atoms with van der Waals surface area (Å²) in [6.07, 6.45) is 1.74. The fourth-order valence-corrected chi connectivity index (χ4v) is 4.51. The van der Waals surface area contributed by atoms with Crippen molar-refractivity contribution in [3.63, 3.8) is 0 Å². The van der Waals surface area contributed by atoms with Crippen LogP contribution in [0.15, 0.2) is 70.9 Å². The summed E-state index contributed by atoms with van der Waals surface area (Å²) in [5, 5.41) is 4.79. The van der Waals surface area contributed by atoms with Crippen LogP contribution in [0.5, 0.6) is 0 Å². The summed E-state index contributed by atoms with van der Waals surface area (Å²) in [6.45, 7) is 0. The molecule has 1 amide bonds. The van der Waals surface area contributed by atoms with E-state index in [1.807, 2.05) is 29.6 Å². The number of carbonyl (C=O) groups is 1. The molecule has 146 valence electrons. The van der Waals surface area contributed by atoms with Crippen molar-refractivity contribution in [2.24, 2.45) is 0 Å². The molecule has 0 aliphatic heterocycles. The normalized spacial score (nSPS) is 13.4. The van der Waals surface area contributed by atoms with E-state index in [9.17, 15) is 13.2 Å². The van der Waals surface area contributed by atoms with Gasteiger partial charge in [0.05, 0.1) is 9.77 Å². The van der Waals surface area contributed by atoms with Crippen molar-refractivity contribution >= 4 is 33.0 Å². The number of hydrogen-bond donors (Lipinski definition) is 2. The van der Waals surface area contributed by atoms with Gasteiger partial charge in [-0.1, -0.05) is 24.0 Å². The molecule has 1 aliphatic carbocycles. The minimum Gasteiger partial charge on any atom is -0.322 e. The van der Waals surface area contributed by atoms with Crippen LogP contribution < -0.4 is 10.0 Å². The third-order valence-electron chi connectivity index (χ3n) is 4.30. The van der Waals surface area contributed by atoms with Gasteiger partial charge < -0.3 is 5.32 Å². The van der Waals surface area contributed by atoms with Gasteiger partial charge in [0.2, 0.25) is 10.0 Å². The summed E-state index contributed by atoms with van der Waals surface area (Å²) in [6, 6.07) is 17.1. The molecule has 1 fully saturated rings.